The predicted octanol–water partition coefficient (Wildman–Crippen LogP) is 3.58. The second-order valence-corrected chi connectivity index (χ2v) is 9.97. The molecule has 1 aliphatic carbocycles. The molecule has 2 aliphatic heterocycles. The number of rotatable bonds is 6. The summed E-state index contributed by atoms with van der Waals surface area (Å²) in [4.78, 5) is 18.0. The Morgan fingerprint density at radius 3 is 2.55 bits per heavy atom. The lowest BCUT2D eigenvalue weighted by Crippen LogP contribution is -2.45. The molecule has 0 spiro atoms. The molecule has 178 valence electrons. The molecule has 5 rings (SSSR count). The fourth-order valence-electron chi connectivity index (χ4n) is 5.94. The van der Waals surface area contributed by atoms with Gasteiger partial charge in [0, 0.05) is 36.9 Å². The summed E-state index contributed by atoms with van der Waals surface area (Å²) in [5.41, 5.74) is 4.71. The van der Waals surface area contributed by atoms with Crippen molar-refractivity contribution in [1.82, 2.24) is 19.6 Å². The Kier molecular flexibility index (Phi) is 7.12. The first kappa shape index (κ1) is 22.6. The number of likely N-dealkylation sites (tertiary alicyclic amines) is 1. The topological polar surface area (TPSA) is 50.6 Å². The van der Waals surface area contributed by atoms with Crippen LogP contribution in [0.15, 0.2) is 30.3 Å². The minimum absolute atomic E-state index is 0.103. The second kappa shape index (κ2) is 10.4. The number of piperidine rings is 1. The molecule has 0 N–H and O–H groups in total. The molecule has 0 bridgehead atoms. The summed E-state index contributed by atoms with van der Waals surface area (Å²) in [6.07, 6.45) is 7.96. The smallest absolute Gasteiger partial charge is 0.274 e. The van der Waals surface area contributed by atoms with E-state index >= 15 is 0 Å². The Hall–Kier alpha value is -2.18. The molecule has 33 heavy (non-hydrogen) atoms. The number of aromatic nitrogens is 2. The standard InChI is InChI=1S/C27H38N4O2/c1-2-12-31-25-9-8-23(20-24(25)26(28-31)27(32)30-15-17-33-18-16-30)29-13-10-22(11-14-29)19-21-6-4-3-5-7-21/h3-7,22-23H,2,8-20H2,1H3. The minimum Gasteiger partial charge on any atom is -0.378 e. The third-order valence-electron chi connectivity index (χ3n) is 7.79. The maximum Gasteiger partial charge on any atom is 0.274 e. The van der Waals surface area contributed by atoms with Crippen LogP contribution in [0.2, 0.25) is 0 Å². The lowest BCUT2D eigenvalue weighted by atomic mass is 9.86. The number of carbonyl (C=O) groups is 1. The summed E-state index contributed by atoms with van der Waals surface area (Å²) >= 11 is 0. The van der Waals surface area contributed by atoms with Crippen LogP contribution in [0, 0.1) is 5.92 Å². The van der Waals surface area contributed by atoms with Gasteiger partial charge in [-0.25, -0.2) is 0 Å². The molecule has 2 aromatic rings. The van der Waals surface area contributed by atoms with E-state index in [1.165, 1.54) is 55.6 Å². The zero-order chi connectivity index (χ0) is 22.6. The van der Waals surface area contributed by atoms with Gasteiger partial charge in [0.15, 0.2) is 5.69 Å². The first-order valence-corrected chi connectivity index (χ1v) is 13.0. The fraction of sp³-hybridized carbons (Fsp3) is 0.630. The van der Waals surface area contributed by atoms with Gasteiger partial charge in [-0.2, -0.15) is 5.10 Å². The van der Waals surface area contributed by atoms with Crippen LogP contribution in [0.25, 0.3) is 0 Å². The molecule has 0 radical (unpaired) electrons. The number of nitrogens with zero attached hydrogens (tertiary/aromatic N) is 4. The van der Waals surface area contributed by atoms with E-state index < -0.39 is 0 Å². The molecule has 1 amide bonds. The van der Waals surface area contributed by atoms with Crippen molar-refractivity contribution in [3.8, 4) is 0 Å². The number of amides is 1. The summed E-state index contributed by atoms with van der Waals surface area (Å²) in [5, 5.41) is 4.86. The molecule has 1 unspecified atom stereocenters. The van der Waals surface area contributed by atoms with Crippen molar-refractivity contribution in [3.63, 3.8) is 0 Å². The largest absolute Gasteiger partial charge is 0.378 e. The van der Waals surface area contributed by atoms with Gasteiger partial charge >= 0.3 is 0 Å². The van der Waals surface area contributed by atoms with E-state index in [2.05, 4.69) is 46.8 Å². The van der Waals surface area contributed by atoms with Gasteiger partial charge in [-0.3, -0.25) is 9.48 Å². The van der Waals surface area contributed by atoms with E-state index in [1.807, 2.05) is 4.90 Å². The zero-order valence-electron chi connectivity index (χ0n) is 20.0. The maximum absolute atomic E-state index is 13.4. The maximum atomic E-state index is 13.4. The highest BCUT2D eigenvalue weighted by Crippen LogP contribution is 2.31. The van der Waals surface area contributed by atoms with Crippen molar-refractivity contribution in [2.45, 2.75) is 64.5 Å². The fourth-order valence-corrected chi connectivity index (χ4v) is 5.94. The number of hydrogen-bond acceptors (Lipinski definition) is 4. The van der Waals surface area contributed by atoms with Crippen LogP contribution in [0.3, 0.4) is 0 Å². The average molecular weight is 451 g/mol. The van der Waals surface area contributed by atoms with E-state index in [0.29, 0.717) is 38.0 Å². The molecule has 1 aromatic heterocycles. The molecular weight excluding hydrogens is 412 g/mol. The number of aryl methyl sites for hydroxylation is 1. The van der Waals surface area contributed by atoms with Crippen molar-refractivity contribution < 1.29 is 9.53 Å². The number of morpholine rings is 1. The van der Waals surface area contributed by atoms with E-state index in [4.69, 9.17) is 9.84 Å². The van der Waals surface area contributed by atoms with Crippen LogP contribution < -0.4 is 0 Å². The van der Waals surface area contributed by atoms with Crippen LogP contribution in [0.1, 0.15) is 59.9 Å². The van der Waals surface area contributed by atoms with Gasteiger partial charge in [0.05, 0.1) is 13.2 Å². The molecule has 0 saturated carbocycles. The third kappa shape index (κ3) is 5.02. The number of carbonyl (C=O) groups excluding carboxylic acids is 1. The summed E-state index contributed by atoms with van der Waals surface area (Å²) in [6.45, 7) is 8.03. The molecule has 3 aliphatic rings. The Bertz CT molecular complexity index is 927. The van der Waals surface area contributed by atoms with Crippen LogP contribution in [-0.2, 0) is 30.5 Å². The van der Waals surface area contributed by atoms with Crippen molar-refractivity contribution in [2.75, 3.05) is 39.4 Å². The molecular formula is C27H38N4O2. The summed E-state index contributed by atoms with van der Waals surface area (Å²) in [6, 6.07) is 11.5. The Labute approximate surface area is 197 Å². The molecule has 6 heteroatoms. The van der Waals surface area contributed by atoms with E-state index in [-0.39, 0.29) is 5.91 Å². The van der Waals surface area contributed by atoms with Crippen molar-refractivity contribution >= 4 is 5.91 Å². The summed E-state index contributed by atoms with van der Waals surface area (Å²) < 4.78 is 7.59. The van der Waals surface area contributed by atoms with E-state index in [1.54, 1.807) is 0 Å². The molecule has 6 nitrogen and oxygen atoms in total. The zero-order valence-corrected chi connectivity index (χ0v) is 20.0. The van der Waals surface area contributed by atoms with Crippen LogP contribution in [-0.4, -0.2) is 70.9 Å². The van der Waals surface area contributed by atoms with Crippen molar-refractivity contribution in [3.05, 3.63) is 52.8 Å². The highest BCUT2D eigenvalue weighted by Gasteiger charge is 2.34. The average Bonchev–Trinajstić information content (AvgIpc) is 3.23. The van der Waals surface area contributed by atoms with Gasteiger partial charge in [0.25, 0.3) is 5.91 Å². The van der Waals surface area contributed by atoms with Crippen LogP contribution in [0.5, 0.6) is 0 Å². The molecule has 3 heterocycles. The highest BCUT2D eigenvalue weighted by molar-refractivity contribution is 5.94. The Morgan fingerprint density at radius 2 is 1.82 bits per heavy atom. The summed E-state index contributed by atoms with van der Waals surface area (Å²) in [5.74, 6) is 0.889. The monoisotopic (exact) mass is 450 g/mol. The first-order chi connectivity index (χ1) is 16.2. The number of benzene rings is 1. The number of fused-ring (bicyclic) bond motifs is 1. The Morgan fingerprint density at radius 1 is 1.06 bits per heavy atom. The minimum atomic E-state index is 0.103. The third-order valence-corrected chi connectivity index (χ3v) is 7.79. The number of hydrogen-bond donors (Lipinski definition) is 0. The van der Waals surface area contributed by atoms with Gasteiger partial charge in [0.1, 0.15) is 0 Å². The van der Waals surface area contributed by atoms with Gasteiger partial charge in [-0.1, -0.05) is 37.3 Å². The first-order valence-electron chi connectivity index (χ1n) is 13.0. The SMILES string of the molecule is CCCn1nc(C(=O)N2CCOCC2)c2c1CCC(N1CCC(Cc3ccccc3)CC1)C2. The Balaban J connectivity index is 1.26. The number of ether oxygens (including phenoxy) is 1. The normalized spacial score (nSPS) is 22.3. The highest BCUT2D eigenvalue weighted by atomic mass is 16.5. The predicted molar refractivity (Wildman–Crippen MR) is 129 cm³/mol. The van der Waals surface area contributed by atoms with Crippen molar-refractivity contribution in [1.29, 1.82) is 0 Å². The van der Waals surface area contributed by atoms with Crippen LogP contribution >= 0.6 is 0 Å². The molecule has 2 fully saturated rings. The van der Waals surface area contributed by atoms with E-state index in [9.17, 15) is 4.79 Å². The van der Waals surface area contributed by atoms with Gasteiger partial charge in [-0.05, 0) is 69.5 Å². The van der Waals surface area contributed by atoms with Crippen LogP contribution in [0.4, 0.5) is 0 Å². The lowest BCUT2D eigenvalue weighted by Gasteiger charge is -2.39. The summed E-state index contributed by atoms with van der Waals surface area (Å²) in [7, 11) is 0. The van der Waals surface area contributed by atoms with Gasteiger partial charge in [0.2, 0.25) is 0 Å². The van der Waals surface area contributed by atoms with Crippen molar-refractivity contribution in [2.24, 2.45) is 5.92 Å². The molecule has 1 aromatic carbocycles. The van der Waals surface area contributed by atoms with Gasteiger partial charge in [-0.15, -0.1) is 0 Å². The lowest BCUT2D eigenvalue weighted by molar-refractivity contribution is 0.0297. The van der Waals surface area contributed by atoms with E-state index in [0.717, 1.165) is 31.7 Å². The quantitative estimate of drug-likeness (QED) is 0.675. The van der Waals surface area contributed by atoms with Gasteiger partial charge < -0.3 is 14.5 Å². The molecule has 1 atom stereocenters. The second-order valence-electron chi connectivity index (χ2n) is 9.97. The molecule has 2 saturated heterocycles.